The van der Waals surface area contributed by atoms with Gasteiger partial charge in [0.2, 0.25) is 0 Å². The lowest BCUT2D eigenvalue weighted by Gasteiger charge is -2.25. The third-order valence-electron chi connectivity index (χ3n) is 2.24. The molecule has 0 amide bonds. The predicted octanol–water partition coefficient (Wildman–Crippen LogP) is 3.02. The molecule has 0 spiro atoms. The molecular weight excluding hydrogens is 216 g/mol. The Morgan fingerprint density at radius 2 is 1.88 bits per heavy atom. The van der Waals surface area contributed by atoms with Crippen molar-refractivity contribution in [3.8, 4) is 0 Å². The molecule has 17 heavy (non-hydrogen) atoms. The van der Waals surface area contributed by atoms with E-state index in [9.17, 15) is 4.79 Å². The van der Waals surface area contributed by atoms with Crippen molar-refractivity contribution in [3.63, 3.8) is 0 Å². The standard InChI is InChI=1S/C14H18O3/c1-5-16-13(15)14(3,4)17-11(2)12-9-7-6-8-10-12/h6-10H,2,5H2,1,3-4H3. The minimum Gasteiger partial charge on any atom is -0.476 e. The van der Waals surface area contributed by atoms with E-state index < -0.39 is 11.6 Å². The predicted molar refractivity (Wildman–Crippen MR) is 67.3 cm³/mol. The van der Waals surface area contributed by atoms with Crippen molar-refractivity contribution >= 4 is 11.7 Å². The minimum absolute atomic E-state index is 0.337. The van der Waals surface area contributed by atoms with E-state index in [1.807, 2.05) is 30.3 Å². The summed E-state index contributed by atoms with van der Waals surface area (Å²) in [7, 11) is 0. The first-order chi connectivity index (χ1) is 7.97. The van der Waals surface area contributed by atoms with Crippen molar-refractivity contribution < 1.29 is 14.3 Å². The van der Waals surface area contributed by atoms with Crippen molar-refractivity contribution in [2.75, 3.05) is 6.61 Å². The fourth-order valence-electron chi connectivity index (χ4n) is 1.34. The molecule has 0 radical (unpaired) electrons. The van der Waals surface area contributed by atoms with Gasteiger partial charge in [0.1, 0.15) is 5.76 Å². The summed E-state index contributed by atoms with van der Waals surface area (Å²) in [6.07, 6.45) is 0. The van der Waals surface area contributed by atoms with Crippen LogP contribution in [0.5, 0.6) is 0 Å². The van der Waals surface area contributed by atoms with Gasteiger partial charge in [-0.2, -0.15) is 0 Å². The molecule has 1 rings (SSSR count). The summed E-state index contributed by atoms with van der Waals surface area (Å²) in [5, 5.41) is 0. The zero-order valence-electron chi connectivity index (χ0n) is 10.5. The Morgan fingerprint density at radius 1 is 1.29 bits per heavy atom. The van der Waals surface area contributed by atoms with E-state index in [0.717, 1.165) is 5.56 Å². The number of benzene rings is 1. The van der Waals surface area contributed by atoms with Crippen LogP contribution in [0.25, 0.3) is 5.76 Å². The first kappa shape index (κ1) is 13.3. The van der Waals surface area contributed by atoms with Crippen LogP contribution in [0.15, 0.2) is 36.9 Å². The molecule has 0 N–H and O–H groups in total. The maximum Gasteiger partial charge on any atom is 0.349 e. The quantitative estimate of drug-likeness (QED) is 0.580. The molecule has 0 unspecified atom stereocenters. The summed E-state index contributed by atoms with van der Waals surface area (Å²) in [5.74, 6) is 0.0701. The Kier molecular flexibility index (Phi) is 4.32. The molecular formula is C14H18O3. The van der Waals surface area contributed by atoms with Crippen LogP contribution in [0.4, 0.5) is 0 Å². The zero-order valence-corrected chi connectivity index (χ0v) is 10.5. The molecule has 0 aromatic heterocycles. The van der Waals surface area contributed by atoms with Crippen molar-refractivity contribution in [2.24, 2.45) is 0 Å². The highest BCUT2D eigenvalue weighted by Gasteiger charge is 2.32. The van der Waals surface area contributed by atoms with Crippen LogP contribution >= 0.6 is 0 Å². The van der Waals surface area contributed by atoms with E-state index in [1.54, 1.807) is 20.8 Å². The fourth-order valence-corrected chi connectivity index (χ4v) is 1.34. The molecule has 0 aliphatic carbocycles. The van der Waals surface area contributed by atoms with Gasteiger partial charge in [-0.3, -0.25) is 0 Å². The largest absolute Gasteiger partial charge is 0.476 e. The number of hydrogen-bond donors (Lipinski definition) is 0. The van der Waals surface area contributed by atoms with Crippen molar-refractivity contribution in [1.82, 2.24) is 0 Å². The number of esters is 1. The maximum atomic E-state index is 11.6. The summed E-state index contributed by atoms with van der Waals surface area (Å²) < 4.78 is 10.5. The molecule has 0 heterocycles. The van der Waals surface area contributed by atoms with Gasteiger partial charge in [0.15, 0.2) is 5.60 Å². The normalized spacial score (nSPS) is 10.8. The van der Waals surface area contributed by atoms with Gasteiger partial charge < -0.3 is 9.47 Å². The first-order valence-electron chi connectivity index (χ1n) is 5.58. The van der Waals surface area contributed by atoms with E-state index in [-0.39, 0.29) is 0 Å². The van der Waals surface area contributed by atoms with Gasteiger partial charge >= 0.3 is 5.97 Å². The van der Waals surface area contributed by atoms with Gasteiger partial charge in [0, 0.05) is 5.56 Å². The number of hydrogen-bond acceptors (Lipinski definition) is 3. The third kappa shape index (κ3) is 3.63. The van der Waals surface area contributed by atoms with Crippen LogP contribution in [0.3, 0.4) is 0 Å². The highest BCUT2D eigenvalue weighted by molar-refractivity contribution is 5.79. The average molecular weight is 234 g/mol. The van der Waals surface area contributed by atoms with Gasteiger partial charge in [0.05, 0.1) is 6.61 Å². The molecule has 0 saturated carbocycles. The smallest absolute Gasteiger partial charge is 0.349 e. The van der Waals surface area contributed by atoms with Gasteiger partial charge in [-0.25, -0.2) is 4.79 Å². The molecule has 0 aliphatic rings. The number of carbonyl (C=O) groups is 1. The van der Waals surface area contributed by atoms with Crippen LogP contribution < -0.4 is 0 Å². The lowest BCUT2D eigenvalue weighted by atomic mass is 10.1. The number of rotatable bonds is 5. The molecule has 0 fully saturated rings. The van der Waals surface area contributed by atoms with E-state index in [4.69, 9.17) is 9.47 Å². The average Bonchev–Trinajstić information content (AvgIpc) is 2.30. The monoisotopic (exact) mass is 234 g/mol. The van der Waals surface area contributed by atoms with E-state index >= 15 is 0 Å². The van der Waals surface area contributed by atoms with E-state index in [0.29, 0.717) is 12.4 Å². The van der Waals surface area contributed by atoms with Crippen molar-refractivity contribution in [1.29, 1.82) is 0 Å². The number of ether oxygens (including phenoxy) is 2. The minimum atomic E-state index is -1.02. The lowest BCUT2D eigenvalue weighted by molar-refractivity contribution is -0.160. The summed E-state index contributed by atoms with van der Waals surface area (Å²) >= 11 is 0. The Bertz CT molecular complexity index is 393. The molecule has 0 bridgehead atoms. The molecule has 1 aromatic carbocycles. The SMILES string of the molecule is C=C(OC(C)(C)C(=O)OCC)c1ccccc1. The van der Waals surface area contributed by atoms with Gasteiger partial charge in [-0.05, 0) is 20.8 Å². The Hall–Kier alpha value is -1.77. The summed E-state index contributed by atoms with van der Waals surface area (Å²) in [6, 6.07) is 9.45. The summed E-state index contributed by atoms with van der Waals surface area (Å²) in [6.45, 7) is 9.25. The van der Waals surface area contributed by atoms with Gasteiger partial charge in [0.25, 0.3) is 0 Å². The van der Waals surface area contributed by atoms with Crippen LogP contribution in [-0.4, -0.2) is 18.2 Å². The summed E-state index contributed by atoms with van der Waals surface area (Å²) in [5.41, 5.74) is -0.173. The molecule has 92 valence electrons. The van der Waals surface area contributed by atoms with E-state index in [2.05, 4.69) is 6.58 Å². The third-order valence-corrected chi connectivity index (χ3v) is 2.24. The van der Waals surface area contributed by atoms with E-state index in [1.165, 1.54) is 0 Å². The zero-order chi connectivity index (χ0) is 12.9. The lowest BCUT2D eigenvalue weighted by Crippen LogP contribution is -2.36. The second-order valence-electron chi connectivity index (χ2n) is 4.12. The Balaban J connectivity index is 2.71. The fraction of sp³-hybridized carbons (Fsp3) is 0.357. The molecule has 3 nitrogen and oxygen atoms in total. The van der Waals surface area contributed by atoms with Crippen LogP contribution in [0.1, 0.15) is 26.3 Å². The topological polar surface area (TPSA) is 35.5 Å². The molecule has 3 heteroatoms. The maximum absolute atomic E-state index is 11.6. The van der Waals surface area contributed by atoms with Crippen molar-refractivity contribution in [2.45, 2.75) is 26.4 Å². The van der Waals surface area contributed by atoms with Gasteiger partial charge in [-0.15, -0.1) is 0 Å². The first-order valence-corrected chi connectivity index (χ1v) is 5.58. The summed E-state index contributed by atoms with van der Waals surface area (Å²) in [4.78, 5) is 11.6. The van der Waals surface area contributed by atoms with Gasteiger partial charge in [-0.1, -0.05) is 36.9 Å². The molecule has 0 aliphatic heterocycles. The van der Waals surface area contributed by atoms with Crippen LogP contribution in [-0.2, 0) is 14.3 Å². The van der Waals surface area contributed by atoms with Crippen LogP contribution in [0, 0.1) is 0 Å². The Morgan fingerprint density at radius 3 is 2.41 bits per heavy atom. The second-order valence-corrected chi connectivity index (χ2v) is 4.12. The highest BCUT2D eigenvalue weighted by atomic mass is 16.6. The van der Waals surface area contributed by atoms with Crippen molar-refractivity contribution in [3.05, 3.63) is 42.5 Å². The second kappa shape index (κ2) is 5.53. The van der Waals surface area contributed by atoms with Crippen LogP contribution in [0.2, 0.25) is 0 Å². The molecule has 1 aromatic rings. The molecule has 0 saturated heterocycles. The Labute approximate surface area is 102 Å². The number of carbonyl (C=O) groups excluding carboxylic acids is 1. The highest BCUT2D eigenvalue weighted by Crippen LogP contribution is 2.22. The molecule has 0 atom stereocenters.